The van der Waals surface area contributed by atoms with Gasteiger partial charge in [-0.2, -0.15) is 0 Å². The summed E-state index contributed by atoms with van der Waals surface area (Å²) < 4.78 is 34.1. The predicted octanol–water partition coefficient (Wildman–Crippen LogP) is 3.87. The molecule has 4 rings (SSSR count). The Bertz CT molecular complexity index is 1270. The molecule has 2 N–H and O–H groups in total. The van der Waals surface area contributed by atoms with Gasteiger partial charge >= 0.3 is 0 Å². The maximum absolute atomic E-state index is 13.0. The zero-order valence-corrected chi connectivity index (χ0v) is 20.2. The first-order chi connectivity index (χ1) is 16.3. The van der Waals surface area contributed by atoms with Crippen molar-refractivity contribution in [3.8, 4) is 0 Å². The molecule has 178 valence electrons. The van der Waals surface area contributed by atoms with Gasteiger partial charge in [-0.15, -0.1) is 0 Å². The Labute approximate surface area is 200 Å². The molecule has 0 aromatic heterocycles. The fraction of sp³-hybridized carbons (Fsp3) is 0.269. The van der Waals surface area contributed by atoms with Crippen LogP contribution in [-0.4, -0.2) is 40.6 Å². The normalized spacial score (nSPS) is 14.0. The Morgan fingerprint density at radius 2 is 1.65 bits per heavy atom. The predicted molar refractivity (Wildman–Crippen MR) is 134 cm³/mol. The lowest BCUT2D eigenvalue weighted by molar-refractivity contribution is 0.0950. The van der Waals surface area contributed by atoms with Gasteiger partial charge in [0.15, 0.2) is 0 Å². The van der Waals surface area contributed by atoms with Gasteiger partial charge in [0.1, 0.15) is 0 Å². The van der Waals surface area contributed by atoms with Gasteiger partial charge < -0.3 is 15.0 Å². The number of morpholine rings is 1. The highest BCUT2D eigenvalue weighted by molar-refractivity contribution is 7.92. The minimum Gasteiger partial charge on any atom is -0.378 e. The second-order valence-electron chi connectivity index (χ2n) is 8.35. The largest absolute Gasteiger partial charge is 0.378 e. The second-order valence-corrected chi connectivity index (χ2v) is 10.0. The van der Waals surface area contributed by atoms with Crippen molar-refractivity contribution in [2.45, 2.75) is 25.3 Å². The second kappa shape index (κ2) is 10.3. The van der Waals surface area contributed by atoms with E-state index < -0.39 is 10.0 Å². The summed E-state index contributed by atoms with van der Waals surface area (Å²) in [5, 5.41) is 2.88. The van der Waals surface area contributed by atoms with Crippen molar-refractivity contribution in [1.29, 1.82) is 0 Å². The number of ether oxygens (including phenoxy) is 1. The van der Waals surface area contributed by atoms with Gasteiger partial charge in [0.2, 0.25) is 0 Å². The number of sulfonamides is 1. The number of carbonyl (C=O) groups is 1. The molecular formula is C26H29N3O4S. The summed E-state index contributed by atoms with van der Waals surface area (Å²) in [7, 11) is -3.85. The minimum atomic E-state index is -3.85. The molecule has 0 aliphatic carbocycles. The molecule has 0 radical (unpaired) electrons. The number of benzene rings is 3. The third-order valence-electron chi connectivity index (χ3n) is 5.89. The van der Waals surface area contributed by atoms with E-state index in [-0.39, 0.29) is 10.8 Å². The minimum absolute atomic E-state index is 0.0817. The van der Waals surface area contributed by atoms with Gasteiger partial charge in [-0.25, -0.2) is 8.42 Å². The smallest absolute Gasteiger partial charge is 0.262 e. The van der Waals surface area contributed by atoms with Gasteiger partial charge in [0, 0.05) is 30.9 Å². The third kappa shape index (κ3) is 5.58. The van der Waals surface area contributed by atoms with Gasteiger partial charge in [-0.3, -0.25) is 9.52 Å². The van der Waals surface area contributed by atoms with Crippen LogP contribution in [0.5, 0.6) is 0 Å². The van der Waals surface area contributed by atoms with Crippen molar-refractivity contribution >= 4 is 27.3 Å². The number of carbonyl (C=O) groups excluding carboxylic acids is 1. The number of aryl methyl sites for hydroxylation is 2. The Morgan fingerprint density at radius 3 is 2.35 bits per heavy atom. The maximum atomic E-state index is 13.0. The van der Waals surface area contributed by atoms with Crippen molar-refractivity contribution in [2.75, 3.05) is 35.9 Å². The molecule has 1 fully saturated rings. The Balaban J connectivity index is 1.44. The van der Waals surface area contributed by atoms with E-state index in [0.717, 1.165) is 43.1 Å². The molecule has 1 saturated heterocycles. The summed E-state index contributed by atoms with van der Waals surface area (Å²) in [6.07, 6.45) is 0. The highest BCUT2D eigenvalue weighted by atomic mass is 32.2. The van der Waals surface area contributed by atoms with Crippen LogP contribution in [0.4, 0.5) is 11.4 Å². The fourth-order valence-corrected chi connectivity index (χ4v) is 5.25. The summed E-state index contributed by atoms with van der Waals surface area (Å²) in [5.74, 6) is -0.329. The average molecular weight is 480 g/mol. The standard InChI is InChI=1S/C26H29N3O4S/c1-19-5-3-4-6-24(19)28-34(31,32)25-17-22(10-7-20(25)2)26(30)27-18-21-8-11-23(12-9-21)29-13-15-33-16-14-29/h3-12,17,28H,13-16,18H2,1-2H3,(H,27,30). The van der Waals surface area contributed by atoms with Crippen molar-refractivity contribution in [1.82, 2.24) is 5.32 Å². The zero-order chi connectivity index (χ0) is 24.1. The van der Waals surface area contributed by atoms with Crippen molar-refractivity contribution in [2.24, 2.45) is 0 Å². The maximum Gasteiger partial charge on any atom is 0.262 e. The van der Waals surface area contributed by atoms with Crippen molar-refractivity contribution in [3.05, 3.63) is 89.0 Å². The van der Waals surface area contributed by atoms with E-state index >= 15 is 0 Å². The lowest BCUT2D eigenvalue weighted by atomic mass is 10.1. The molecule has 3 aromatic carbocycles. The van der Waals surface area contributed by atoms with Crippen LogP contribution in [-0.2, 0) is 21.3 Å². The first-order valence-corrected chi connectivity index (χ1v) is 12.7. The van der Waals surface area contributed by atoms with E-state index in [2.05, 4.69) is 14.9 Å². The fourth-order valence-electron chi connectivity index (χ4n) is 3.85. The van der Waals surface area contributed by atoms with Gasteiger partial charge in [-0.1, -0.05) is 36.4 Å². The number of amides is 1. The van der Waals surface area contributed by atoms with Gasteiger partial charge in [0.25, 0.3) is 15.9 Å². The molecule has 1 aliphatic heterocycles. The summed E-state index contributed by atoms with van der Waals surface area (Å²) in [5.41, 5.74) is 4.28. The number of nitrogens with one attached hydrogen (secondary N) is 2. The highest BCUT2D eigenvalue weighted by Crippen LogP contribution is 2.23. The SMILES string of the molecule is Cc1ccccc1NS(=O)(=O)c1cc(C(=O)NCc2ccc(N3CCOCC3)cc2)ccc1C. The average Bonchev–Trinajstić information content (AvgIpc) is 2.85. The summed E-state index contributed by atoms with van der Waals surface area (Å²) in [4.78, 5) is 15.1. The molecule has 0 spiro atoms. The quantitative estimate of drug-likeness (QED) is 0.537. The molecule has 7 nitrogen and oxygen atoms in total. The molecule has 0 atom stereocenters. The third-order valence-corrected chi connectivity index (χ3v) is 7.40. The van der Waals surface area contributed by atoms with Crippen LogP contribution < -0.4 is 14.9 Å². The Hall–Kier alpha value is -3.36. The number of para-hydroxylation sites is 1. The molecule has 0 saturated carbocycles. The molecule has 3 aromatic rings. The Kier molecular flexibility index (Phi) is 7.19. The van der Waals surface area contributed by atoms with E-state index in [1.807, 2.05) is 43.3 Å². The molecular weight excluding hydrogens is 450 g/mol. The van der Waals surface area contributed by atoms with Crippen molar-refractivity contribution < 1.29 is 17.9 Å². The summed E-state index contributed by atoms with van der Waals surface area (Å²) >= 11 is 0. The number of hydrogen-bond acceptors (Lipinski definition) is 5. The topological polar surface area (TPSA) is 87.7 Å². The highest BCUT2D eigenvalue weighted by Gasteiger charge is 2.20. The van der Waals surface area contributed by atoms with Crippen LogP contribution in [0.3, 0.4) is 0 Å². The van der Waals surface area contributed by atoms with E-state index in [1.165, 1.54) is 6.07 Å². The molecule has 1 amide bonds. The first-order valence-electron chi connectivity index (χ1n) is 11.2. The number of rotatable bonds is 7. The van der Waals surface area contributed by atoms with Crippen LogP contribution in [0.25, 0.3) is 0 Å². The summed E-state index contributed by atoms with van der Waals surface area (Å²) in [6.45, 7) is 7.09. The van der Waals surface area contributed by atoms with E-state index in [0.29, 0.717) is 23.4 Å². The van der Waals surface area contributed by atoms with E-state index in [1.54, 1.807) is 31.2 Å². The van der Waals surface area contributed by atoms with Crippen molar-refractivity contribution in [3.63, 3.8) is 0 Å². The zero-order valence-electron chi connectivity index (χ0n) is 19.4. The summed E-state index contributed by atoms with van der Waals surface area (Å²) in [6, 6.07) is 19.9. The van der Waals surface area contributed by atoms with E-state index in [4.69, 9.17) is 4.74 Å². The van der Waals surface area contributed by atoms with Crippen LogP contribution in [0.1, 0.15) is 27.0 Å². The number of nitrogens with zero attached hydrogens (tertiary/aromatic N) is 1. The molecule has 0 bridgehead atoms. The molecule has 0 unspecified atom stereocenters. The van der Waals surface area contributed by atoms with Crippen LogP contribution in [0.2, 0.25) is 0 Å². The lowest BCUT2D eigenvalue weighted by Gasteiger charge is -2.28. The number of anilines is 2. The lowest BCUT2D eigenvalue weighted by Crippen LogP contribution is -2.36. The van der Waals surface area contributed by atoms with E-state index in [9.17, 15) is 13.2 Å². The monoisotopic (exact) mass is 479 g/mol. The molecule has 1 aliphatic rings. The van der Waals surface area contributed by atoms with Crippen LogP contribution >= 0.6 is 0 Å². The van der Waals surface area contributed by atoms with Crippen LogP contribution in [0.15, 0.2) is 71.6 Å². The molecule has 1 heterocycles. The van der Waals surface area contributed by atoms with Gasteiger partial charge in [-0.05, 0) is 60.9 Å². The Morgan fingerprint density at radius 1 is 0.941 bits per heavy atom. The first kappa shape index (κ1) is 23.8. The number of hydrogen-bond donors (Lipinski definition) is 2. The van der Waals surface area contributed by atoms with Crippen LogP contribution in [0, 0.1) is 13.8 Å². The van der Waals surface area contributed by atoms with Gasteiger partial charge in [0.05, 0.1) is 23.8 Å². The molecule has 8 heteroatoms. The molecule has 34 heavy (non-hydrogen) atoms.